The largest absolute Gasteiger partial charge is 0.463 e. The molecular formula is C19H22N2O4. The Labute approximate surface area is 146 Å². The van der Waals surface area contributed by atoms with Gasteiger partial charge in [0.15, 0.2) is 0 Å². The third kappa shape index (κ3) is 5.06. The van der Waals surface area contributed by atoms with Gasteiger partial charge in [0.1, 0.15) is 17.1 Å². The van der Waals surface area contributed by atoms with Crippen molar-refractivity contribution in [2.24, 2.45) is 0 Å². The van der Waals surface area contributed by atoms with Crippen LogP contribution in [0, 0.1) is 6.92 Å². The number of furan rings is 1. The van der Waals surface area contributed by atoms with Crippen LogP contribution < -0.4 is 10.6 Å². The van der Waals surface area contributed by atoms with Gasteiger partial charge in [0.05, 0.1) is 6.54 Å². The fourth-order valence-corrected chi connectivity index (χ4v) is 2.20. The van der Waals surface area contributed by atoms with E-state index < -0.39 is 5.60 Å². The lowest BCUT2D eigenvalue weighted by Gasteiger charge is -2.21. The summed E-state index contributed by atoms with van der Waals surface area (Å²) in [7, 11) is 0. The molecule has 0 bridgehead atoms. The summed E-state index contributed by atoms with van der Waals surface area (Å²) in [6, 6.07) is 10.3. The number of aryl methyl sites for hydroxylation is 1. The summed E-state index contributed by atoms with van der Waals surface area (Å²) < 4.78 is 5.41. The fourth-order valence-electron chi connectivity index (χ4n) is 2.20. The molecule has 1 aromatic heterocycles. The summed E-state index contributed by atoms with van der Waals surface area (Å²) in [6.07, 6.45) is 1.20. The normalized spacial score (nSPS) is 12.9. The van der Waals surface area contributed by atoms with Gasteiger partial charge in [-0.3, -0.25) is 9.59 Å². The molecule has 2 aromatic rings. The first kappa shape index (κ1) is 18.5. The first-order valence-corrected chi connectivity index (χ1v) is 7.88. The van der Waals surface area contributed by atoms with Gasteiger partial charge in [-0.15, -0.1) is 0 Å². The molecule has 6 heteroatoms. The van der Waals surface area contributed by atoms with Gasteiger partial charge in [0, 0.05) is 12.1 Å². The van der Waals surface area contributed by atoms with Crippen LogP contribution in [0.3, 0.4) is 0 Å². The Hall–Kier alpha value is -2.86. The summed E-state index contributed by atoms with van der Waals surface area (Å²) in [5.74, 6) is 0.543. The highest BCUT2D eigenvalue weighted by Crippen LogP contribution is 2.22. The lowest BCUT2D eigenvalue weighted by Crippen LogP contribution is -2.38. The van der Waals surface area contributed by atoms with Crippen LogP contribution in [0.4, 0.5) is 0 Å². The van der Waals surface area contributed by atoms with E-state index in [0.29, 0.717) is 23.6 Å². The summed E-state index contributed by atoms with van der Waals surface area (Å²) in [4.78, 5) is 23.3. The van der Waals surface area contributed by atoms with Crippen LogP contribution >= 0.6 is 0 Å². The Morgan fingerprint density at radius 2 is 1.88 bits per heavy atom. The molecule has 2 amide bonds. The van der Waals surface area contributed by atoms with E-state index in [-0.39, 0.29) is 18.4 Å². The summed E-state index contributed by atoms with van der Waals surface area (Å²) in [6.45, 7) is 7.13. The molecular weight excluding hydrogens is 320 g/mol. The molecule has 0 saturated carbocycles. The van der Waals surface area contributed by atoms with E-state index in [1.165, 1.54) is 6.08 Å². The molecule has 3 N–H and O–H groups in total. The van der Waals surface area contributed by atoms with Gasteiger partial charge >= 0.3 is 0 Å². The van der Waals surface area contributed by atoms with Crippen LogP contribution in [0.25, 0.3) is 0 Å². The molecule has 0 aliphatic carbocycles. The van der Waals surface area contributed by atoms with E-state index in [4.69, 9.17) is 4.42 Å². The smallest absolute Gasteiger partial charge is 0.251 e. The highest BCUT2D eigenvalue weighted by Gasteiger charge is 2.27. The van der Waals surface area contributed by atoms with Crippen molar-refractivity contribution in [3.63, 3.8) is 0 Å². The van der Waals surface area contributed by atoms with Crippen molar-refractivity contribution < 1.29 is 19.1 Å². The Kier molecular flexibility index (Phi) is 5.77. The molecule has 0 fully saturated rings. The van der Waals surface area contributed by atoms with Gasteiger partial charge in [0.25, 0.3) is 5.91 Å². The third-order valence-corrected chi connectivity index (χ3v) is 3.73. The predicted octanol–water partition coefficient (Wildman–Crippen LogP) is 2.03. The summed E-state index contributed by atoms with van der Waals surface area (Å²) in [5, 5.41) is 15.8. The van der Waals surface area contributed by atoms with Gasteiger partial charge in [-0.25, -0.2) is 0 Å². The second-order valence-corrected chi connectivity index (χ2v) is 5.99. The number of nitrogens with one attached hydrogen (secondary N) is 2. The minimum atomic E-state index is -1.29. The second-order valence-electron chi connectivity index (χ2n) is 5.99. The maximum Gasteiger partial charge on any atom is 0.251 e. The van der Waals surface area contributed by atoms with E-state index in [2.05, 4.69) is 17.2 Å². The number of hydrogen-bond acceptors (Lipinski definition) is 4. The maximum absolute atomic E-state index is 12.2. The highest BCUT2D eigenvalue weighted by atomic mass is 16.4. The number of benzene rings is 1. The molecule has 1 atom stereocenters. The number of carbonyl (C=O) groups is 2. The Morgan fingerprint density at radius 1 is 1.20 bits per heavy atom. The molecule has 1 heterocycles. The number of carbonyl (C=O) groups excluding carboxylic acids is 2. The van der Waals surface area contributed by atoms with Crippen molar-refractivity contribution in [3.05, 3.63) is 71.7 Å². The topological polar surface area (TPSA) is 91.6 Å². The number of amides is 2. The number of hydrogen-bond donors (Lipinski definition) is 3. The van der Waals surface area contributed by atoms with E-state index in [0.717, 1.165) is 5.56 Å². The first-order valence-electron chi connectivity index (χ1n) is 7.88. The zero-order valence-corrected chi connectivity index (χ0v) is 14.3. The Morgan fingerprint density at radius 3 is 2.44 bits per heavy atom. The van der Waals surface area contributed by atoms with Crippen molar-refractivity contribution in [1.29, 1.82) is 0 Å². The molecule has 0 radical (unpaired) electrons. The average molecular weight is 342 g/mol. The molecule has 2 rings (SSSR count). The van der Waals surface area contributed by atoms with Crippen molar-refractivity contribution in [2.45, 2.75) is 26.0 Å². The predicted molar refractivity (Wildman–Crippen MR) is 93.8 cm³/mol. The van der Waals surface area contributed by atoms with Crippen molar-refractivity contribution >= 4 is 11.8 Å². The fraction of sp³-hybridized carbons (Fsp3) is 0.263. The van der Waals surface area contributed by atoms with Crippen LogP contribution in [0.1, 0.15) is 34.4 Å². The Bertz CT molecular complexity index is 760. The van der Waals surface area contributed by atoms with Crippen molar-refractivity contribution in [1.82, 2.24) is 10.6 Å². The average Bonchev–Trinajstić information content (AvgIpc) is 3.05. The van der Waals surface area contributed by atoms with Crippen LogP contribution in [0.2, 0.25) is 0 Å². The second kappa shape index (κ2) is 7.81. The summed E-state index contributed by atoms with van der Waals surface area (Å²) in [5.41, 5.74) is 0.0359. The van der Waals surface area contributed by atoms with Crippen molar-refractivity contribution in [3.8, 4) is 0 Å². The van der Waals surface area contributed by atoms with Crippen LogP contribution in [-0.4, -0.2) is 23.5 Å². The van der Waals surface area contributed by atoms with Crippen LogP contribution in [0.15, 0.2) is 53.5 Å². The molecule has 1 unspecified atom stereocenters. The minimum Gasteiger partial charge on any atom is -0.463 e. The number of aliphatic hydroxyl groups is 1. The standard InChI is InChI=1S/C19H22N2O4/c1-4-17(22)20-11-14-6-8-15(9-7-14)18(23)21-12-19(3,24)16-10-5-13(2)25-16/h4-10,24H,1,11-12H2,2-3H3,(H,20,22)(H,21,23). The zero-order chi connectivity index (χ0) is 18.4. The minimum absolute atomic E-state index is 0.0237. The maximum atomic E-state index is 12.2. The van der Waals surface area contributed by atoms with E-state index in [1.807, 2.05) is 0 Å². The van der Waals surface area contributed by atoms with Gasteiger partial charge in [0.2, 0.25) is 5.91 Å². The van der Waals surface area contributed by atoms with Crippen molar-refractivity contribution in [2.75, 3.05) is 6.54 Å². The molecule has 0 saturated heterocycles. The molecule has 1 aromatic carbocycles. The Balaban J connectivity index is 1.92. The molecule has 0 aliphatic heterocycles. The monoisotopic (exact) mass is 342 g/mol. The van der Waals surface area contributed by atoms with Gasteiger partial charge in [-0.2, -0.15) is 0 Å². The molecule has 0 aliphatic rings. The molecule has 0 spiro atoms. The van der Waals surface area contributed by atoms with Gasteiger partial charge in [-0.05, 0) is 49.8 Å². The first-order chi connectivity index (χ1) is 11.8. The molecule has 6 nitrogen and oxygen atoms in total. The van der Waals surface area contributed by atoms with Crippen LogP contribution in [0.5, 0.6) is 0 Å². The van der Waals surface area contributed by atoms with E-state index >= 15 is 0 Å². The SMILES string of the molecule is C=CC(=O)NCc1ccc(C(=O)NCC(C)(O)c2ccc(C)o2)cc1. The van der Waals surface area contributed by atoms with Crippen LogP contribution in [-0.2, 0) is 16.9 Å². The van der Waals surface area contributed by atoms with E-state index in [9.17, 15) is 14.7 Å². The zero-order valence-electron chi connectivity index (χ0n) is 14.3. The third-order valence-electron chi connectivity index (χ3n) is 3.73. The molecule has 132 valence electrons. The van der Waals surface area contributed by atoms with E-state index in [1.54, 1.807) is 50.2 Å². The lowest BCUT2D eigenvalue weighted by atomic mass is 10.0. The summed E-state index contributed by atoms with van der Waals surface area (Å²) >= 11 is 0. The lowest BCUT2D eigenvalue weighted by molar-refractivity contribution is -0.116. The quantitative estimate of drug-likeness (QED) is 0.672. The van der Waals surface area contributed by atoms with Gasteiger partial charge < -0.3 is 20.2 Å². The molecule has 25 heavy (non-hydrogen) atoms. The highest BCUT2D eigenvalue weighted by molar-refractivity contribution is 5.94. The number of rotatable bonds is 7. The van der Waals surface area contributed by atoms with Gasteiger partial charge in [-0.1, -0.05) is 18.7 Å².